The molecule has 0 spiro atoms. The van der Waals surface area contributed by atoms with Crippen LogP contribution in [-0.4, -0.2) is 12.0 Å². The maximum atomic E-state index is 5.94. The van der Waals surface area contributed by atoms with Crippen LogP contribution in [0.4, 0.5) is 0 Å². The van der Waals surface area contributed by atoms with Crippen molar-refractivity contribution in [2.45, 2.75) is 31.1 Å². The van der Waals surface area contributed by atoms with Crippen molar-refractivity contribution in [3.8, 4) is 5.75 Å². The van der Waals surface area contributed by atoms with E-state index in [4.69, 9.17) is 16.3 Å². The largest absolute Gasteiger partial charge is 0.493 e. The van der Waals surface area contributed by atoms with Crippen molar-refractivity contribution in [3.63, 3.8) is 0 Å². The van der Waals surface area contributed by atoms with Gasteiger partial charge in [0, 0.05) is 16.9 Å². The lowest BCUT2D eigenvalue weighted by Crippen LogP contribution is -2.03. The van der Waals surface area contributed by atoms with Gasteiger partial charge in [-0.2, -0.15) is 0 Å². The minimum atomic E-state index is 0.266. The van der Waals surface area contributed by atoms with Gasteiger partial charge in [-0.1, -0.05) is 18.2 Å². The van der Waals surface area contributed by atoms with E-state index in [1.54, 1.807) is 0 Å². The van der Waals surface area contributed by atoms with E-state index in [9.17, 15) is 0 Å². The monoisotopic (exact) mass is 210 g/mol. The summed E-state index contributed by atoms with van der Waals surface area (Å²) in [5, 5.41) is 0.266. The standard InChI is InChI=1S/C12H15ClO/c1-9(13)6-7-10-8-14-12-5-3-2-4-11(10)12/h2-5,9-10H,6-8H2,1H3. The number of alkyl halides is 1. The Hall–Kier alpha value is -0.690. The van der Waals surface area contributed by atoms with Gasteiger partial charge in [0.2, 0.25) is 0 Å². The quantitative estimate of drug-likeness (QED) is 0.694. The van der Waals surface area contributed by atoms with Crippen molar-refractivity contribution >= 4 is 11.6 Å². The highest BCUT2D eigenvalue weighted by Crippen LogP contribution is 2.36. The Morgan fingerprint density at radius 1 is 1.50 bits per heavy atom. The molecule has 0 aromatic heterocycles. The number of hydrogen-bond acceptors (Lipinski definition) is 1. The van der Waals surface area contributed by atoms with Gasteiger partial charge in [0.15, 0.2) is 0 Å². The Morgan fingerprint density at radius 3 is 3.07 bits per heavy atom. The van der Waals surface area contributed by atoms with Crippen LogP contribution in [0, 0.1) is 0 Å². The molecular weight excluding hydrogens is 196 g/mol. The Morgan fingerprint density at radius 2 is 2.29 bits per heavy atom. The van der Waals surface area contributed by atoms with Gasteiger partial charge in [0.1, 0.15) is 5.75 Å². The lowest BCUT2D eigenvalue weighted by atomic mass is 9.96. The molecule has 1 aromatic carbocycles. The van der Waals surface area contributed by atoms with Gasteiger partial charge in [-0.25, -0.2) is 0 Å². The summed E-state index contributed by atoms with van der Waals surface area (Å²) in [5.41, 5.74) is 1.35. The van der Waals surface area contributed by atoms with Gasteiger partial charge in [-0.3, -0.25) is 0 Å². The number of para-hydroxylation sites is 1. The molecule has 1 aliphatic rings. The highest BCUT2D eigenvalue weighted by Gasteiger charge is 2.23. The first-order valence-corrected chi connectivity index (χ1v) is 5.57. The van der Waals surface area contributed by atoms with Crippen LogP contribution in [0.25, 0.3) is 0 Å². The summed E-state index contributed by atoms with van der Waals surface area (Å²) in [4.78, 5) is 0. The van der Waals surface area contributed by atoms with Crippen molar-refractivity contribution in [2.24, 2.45) is 0 Å². The average molecular weight is 211 g/mol. The molecule has 1 aliphatic heterocycles. The first-order valence-electron chi connectivity index (χ1n) is 5.13. The molecule has 76 valence electrons. The molecule has 1 aromatic rings. The summed E-state index contributed by atoms with van der Waals surface area (Å²) in [5.74, 6) is 1.60. The zero-order chi connectivity index (χ0) is 9.97. The fraction of sp³-hybridized carbons (Fsp3) is 0.500. The normalized spacial score (nSPS) is 21.4. The van der Waals surface area contributed by atoms with Crippen LogP contribution in [-0.2, 0) is 0 Å². The molecule has 14 heavy (non-hydrogen) atoms. The molecule has 2 unspecified atom stereocenters. The fourth-order valence-electron chi connectivity index (χ4n) is 1.90. The molecule has 1 heterocycles. The SMILES string of the molecule is CC(Cl)CCC1COc2ccccc21. The Bertz CT molecular complexity index is 309. The third kappa shape index (κ3) is 2.03. The number of hydrogen-bond donors (Lipinski definition) is 0. The van der Waals surface area contributed by atoms with Crippen LogP contribution >= 0.6 is 11.6 Å². The third-order valence-corrected chi connectivity index (χ3v) is 2.93. The second-order valence-corrected chi connectivity index (χ2v) is 4.65. The van der Waals surface area contributed by atoms with Crippen LogP contribution in [0.2, 0.25) is 0 Å². The minimum absolute atomic E-state index is 0.266. The third-order valence-electron chi connectivity index (χ3n) is 2.71. The highest BCUT2D eigenvalue weighted by atomic mass is 35.5. The van der Waals surface area contributed by atoms with Crippen LogP contribution in [0.3, 0.4) is 0 Å². The van der Waals surface area contributed by atoms with Crippen LogP contribution in [0.1, 0.15) is 31.2 Å². The summed E-state index contributed by atoms with van der Waals surface area (Å²) >= 11 is 5.94. The zero-order valence-electron chi connectivity index (χ0n) is 8.37. The first kappa shape index (κ1) is 9.85. The second kappa shape index (κ2) is 4.22. The van der Waals surface area contributed by atoms with E-state index in [0.717, 1.165) is 25.2 Å². The fourth-order valence-corrected chi connectivity index (χ4v) is 2.03. The van der Waals surface area contributed by atoms with E-state index in [2.05, 4.69) is 12.1 Å². The topological polar surface area (TPSA) is 9.23 Å². The summed E-state index contributed by atoms with van der Waals surface area (Å²) in [6.07, 6.45) is 2.19. The molecule has 0 aliphatic carbocycles. The number of fused-ring (bicyclic) bond motifs is 1. The van der Waals surface area contributed by atoms with Gasteiger partial charge in [-0.15, -0.1) is 11.6 Å². The number of ether oxygens (including phenoxy) is 1. The Kier molecular flexibility index (Phi) is 2.97. The number of rotatable bonds is 3. The molecular formula is C12H15ClO. The summed E-state index contributed by atoms with van der Waals surface area (Å²) < 4.78 is 5.60. The van der Waals surface area contributed by atoms with E-state index in [1.165, 1.54) is 5.56 Å². The predicted molar refractivity (Wildman–Crippen MR) is 59.2 cm³/mol. The van der Waals surface area contributed by atoms with Gasteiger partial charge in [0.05, 0.1) is 6.61 Å². The minimum Gasteiger partial charge on any atom is -0.493 e. The summed E-state index contributed by atoms with van der Waals surface area (Å²) in [7, 11) is 0. The van der Waals surface area contributed by atoms with Crippen molar-refractivity contribution in [1.82, 2.24) is 0 Å². The molecule has 1 nitrogen and oxygen atoms in total. The summed E-state index contributed by atoms with van der Waals surface area (Å²) in [6.45, 7) is 2.87. The second-order valence-electron chi connectivity index (χ2n) is 3.90. The van der Waals surface area contributed by atoms with Gasteiger partial charge in [0.25, 0.3) is 0 Å². The van der Waals surface area contributed by atoms with Gasteiger partial charge >= 0.3 is 0 Å². The zero-order valence-corrected chi connectivity index (χ0v) is 9.13. The number of benzene rings is 1. The molecule has 0 N–H and O–H groups in total. The molecule has 0 saturated carbocycles. The molecule has 0 fully saturated rings. The predicted octanol–water partition coefficient (Wildman–Crippen LogP) is 3.57. The molecule has 0 radical (unpaired) electrons. The summed E-state index contributed by atoms with van der Waals surface area (Å²) in [6, 6.07) is 8.29. The highest BCUT2D eigenvalue weighted by molar-refractivity contribution is 6.20. The first-order chi connectivity index (χ1) is 6.77. The molecule has 2 rings (SSSR count). The van der Waals surface area contributed by atoms with Crippen molar-refractivity contribution in [1.29, 1.82) is 0 Å². The smallest absolute Gasteiger partial charge is 0.122 e. The van der Waals surface area contributed by atoms with E-state index >= 15 is 0 Å². The van der Waals surface area contributed by atoms with E-state index in [0.29, 0.717) is 5.92 Å². The average Bonchev–Trinajstić information content (AvgIpc) is 2.58. The van der Waals surface area contributed by atoms with Gasteiger partial charge < -0.3 is 4.74 Å². The Labute approximate surface area is 90.0 Å². The van der Waals surface area contributed by atoms with Crippen molar-refractivity contribution in [3.05, 3.63) is 29.8 Å². The molecule has 0 saturated heterocycles. The maximum Gasteiger partial charge on any atom is 0.122 e. The maximum absolute atomic E-state index is 5.94. The van der Waals surface area contributed by atoms with Crippen molar-refractivity contribution in [2.75, 3.05) is 6.61 Å². The van der Waals surface area contributed by atoms with Gasteiger partial charge in [-0.05, 0) is 25.8 Å². The molecule has 0 bridgehead atoms. The Balaban J connectivity index is 2.03. The van der Waals surface area contributed by atoms with E-state index in [-0.39, 0.29) is 5.38 Å². The van der Waals surface area contributed by atoms with Crippen LogP contribution in [0.15, 0.2) is 24.3 Å². The van der Waals surface area contributed by atoms with Crippen LogP contribution in [0.5, 0.6) is 5.75 Å². The van der Waals surface area contributed by atoms with Crippen LogP contribution < -0.4 is 4.74 Å². The molecule has 0 amide bonds. The van der Waals surface area contributed by atoms with E-state index in [1.807, 2.05) is 19.1 Å². The number of halogens is 1. The lowest BCUT2D eigenvalue weighted by Gasteiger charge is -2.09. The lowest BCUT2D eigenvalue weighted by molar-refractivity contribution is 0.323. The van der Waals surface area contributed by atoms with E-state index < -0.39 is 0 Å². The molecule has 2 heteroatoms. The van der Waals surface area contributed by atoms with Crippen molar-refractivity contribution < 1.29 is 4.74 Å². The molecule has 2 atom stereocenters.